The van der Waals surface area contributed by atoms with Crippen LogP contribution in [0, 0.1) is 6.92 Å². The quantitative estimate of drug-likeness (QED) is 0.851. The lowest BCUT2D eigenvalue weighted by Crippen LogP contribution is -2.15. The lowest BCUT2D eigenvalue weighted by atomic mass is 10.1. The highest BCUT2D eigenvalue weighted by Crippen LogP contribution is 2.25. The van der Waals surface area contributed by atoms with E-state index in [-0.39, 0.29) is 5.91 Å². The highest BCUT2D eigenvalue weighted by molar-refractivity contribution is 7.98. The Hall–Kier alpha value is -1.94. The van der Waals surface area contributed by atoms with Gasteiger partial charge in [-0.1, -0.05) is 24.3 Å². The van der Waals surface area contributed by atoms with Crippen LogP contribution in [-0.2, 0) is 11.2 Å². The number of aryl methyl sites for hydroxylation is 1. The van der Waals surface area contributed by atoms with Crippen molar-refractivity contribution in [2.75, 3.05) is 18.7 Å². The number of rotatable bonds is 5. The van der Waals surface area contributed by atoms with Crippen molar-refractivity contribution in [3.05, 3.63) is 53.6 Å². The molecule has 0 saturated heterocycles. The number of benzene rings is 2. The van der Waals surface area contributed by atoms with Crippen molar-refractivity contribution >= 4 is 23.4 Å². The molecule has 0 heterocycles. The minimum atomic E-state index is -0.0255. The summed E-state index contributed by atoms with van der Waals surface area (Å²) < 4.78 is 5.29. The van der Waals surface area contributed by atoms with Gasteiger partial charge in [0.2, 0.25) is 5.91 Å². The highest BCUT2D eigenvalue weighted by Gasteiger charge is 2.08. The molecular formula is C17H19NO2S. The van der Waals surface area contributed by atoms with Crippen LogP contribution in [0.25, 0.3) is 0 Å². The molecule has 1 amide bonds. The van der Waals surface area contributed by atoms with E-state index >= 15 is 0 Å². The average molecular weight is 301 g/mol. The van der Waals surface area contributed by atoms with E-state index in [0.29, 0.717) is 6.42 Å². The van der Waals surface area contributed by atoms with Gasteiger partial charge in [0.1, 0.15) is 5.75 Å². The molecular weight excluding hydrogens is 282 g/mol. The fourth-order valence-electron chi connectivity index (χ4n) is 2.10. The van der Waals surface area contributed by atoms with E-state index in [0.717, 1.165) is 27.5 Å². The van der Waals surface area contributed by atoms with Crippen LogP contribution in [0.5, 0.6) is 5.75 Å². The minimum Gasteiger partial charge on any atom is -0.496 e. The van der Waals surface area contributed by atoms with Crippen LogP contribution in [0.2, 0.25) is 0 Å². The van der Waals surface area contributed by atoms with Gasteiger partial charge in [0, 0.05) is 4.90 Å². The van der Waals surface area contributed by atoms with Crippen molar-refractivity contribution in [2.45, 2.75) is 18.2 Å². The second kappa shape index (κ2) is 7.18. The maximum absolute atomic E-state index is 12.2. The molecule has 0 spiro atoms. The Bertz CT molecular complexity index is 640. The Morgan fingerprint density at radius 3 is 2.71 bits per heavy atom. The predicted octanol–water partition coefficient (Wildman–Crippen LogP) is 3.91. The zero-order chi connectivity index (χ0) is 15.2. The zero-order valence-corrected chi connectivity index (χ0v) is 13.3. The molecule has 0 aromatic heterocycles. The fourth-order valence-corrected chi connectivity index (χ4v) is 2.66. The summed E-state index contributed by atoms with van der Waals surface area (Å²) in [5.41, 5.74) is 2.86. The second-order valence-corrected chi connectivity index (χ2v) is 5.58. The molecule has 0 bridgehead atoms. The van der Waals surface area contributed by atoms with Gasteiger partial charge < -0.3 is 10.1 Å². The van der Waals surface area contributed by atoms with Gasteiger partial charge in [0.05, 0.1) is 19.2 Å². The van der Waals surface area contributed by atoms with Crippen molar-refractivity contribution in [3.8, 4) is 5.75 Å². The molecule has 0 fully saturated rings. The normalized spacial score (nSPS) is 10.2. The second-order valence-electron chi connectivity index (χ2n) is 4.73. The van der Waals surface area contributed by atoms with E-state index < -0.39 is 0 Å². The molecule has 0 saturated carbocycles. The minimum absolute atomic E-state index is 0.0255. The van der Waals surface area contributed by atoms with Gasteiger partial charge in [-0.15, -0.1) is 11.8 Å². The van der Waals surface area contributed by atoms with Crippen molar-refractivity contribution in [1.29, 1.82) is 0 Å². The van der Waals surface area contributed by atoms with E-state index in [2.05, 4.69) is 5.32 Å². The number of anilines is 1. The Balaban J connectivity index is 2.08. The van der Waals surface area contributed by atoms with Crippen LogP contribution >= 0.6 is 11.8 Å². The third-order valence-electron chi connectivity index (χ3n) is 3.22. The molecule has 0 radical (unpaired) electrons. The average Bonchev–Trinajstić information content (AvgIpc) is 2.49. The molecule has 1 N–H and O–H groups in total. The van der Waals surface area contributed by atoms with E-state index in [9.17, 15) is 4.79 Å². The van der Waals surface area contributed by atoms with Crippen molar-refractivity contribution in [1.82, 2.24) is 0 Å². The predicted molar refractivity (Wildman–Crippen MR) is 88.3 cm³/mol. The molecule has 2 rings (SSSR count). The van der Waals surface area contributed by atoms with Gasteiger partial charge in [0.15, 0.2) is 0 Å². The van der Waals surface area contributed by atoms with Crippen LogP contribution in [-0.4, -0.2) is 19.3 Å². The number of para-hydroxylation sites is 1. The number of carbonyl (C=O) groups is 1. The van der Waals surface area contributed by atoms with E-state index in [4.69, 9.17) is 4.74 Å². The van der Waals surface area contributed by atoms with Crippen molar-refractivity contribution < 1.29 is 9.53 Å². The monoisotopic (exact) mass is 301 g/mol. The fraction of sp³-hybridized carbons (Fsp3) is 0.235. The standard InChI is InChI=1S/C17H19NO2S/c1-12-8-9-13(10-15(12)20-2)11-17(19)18-14-6-4-5-7-16(14)21-3/h4-10H,11H2,1-3H3,(H,18,19). The Kier molecular flexibility index (Phi) is 5.28. The van der Waals surface area contributed by atoms with E-state index in [1.807, 2.05) is 55.6 Å². The molecule has 0 aliphatic heterocycles. The largest absolute Gasteiger partial charge is 0.496 e. The number of ether oxygens (including phenoxy) is 1. The van der Waals surface area contributed by atoms with Gasteiger partial charge in [-0.2, -0.15) is 0 Å². The Labute approximate surface area is 129 Å². The highest BCUT2D eigenvalue weighted by atomic mass is 32.2. The molecule has 2 aromatic carbocycles. The first-order valence-electron chi connectivity index (χ1n) is 6.70. The van der Waals surface area contributed by atoms with Crippen LogP contribution in [0.4, 0.5) is 5.69 Å². The summed E-state index contributed by atoms with van der Waals surface area (Å²) in [7, 11) is 1.64. The van der Waals surface area contributed by atoms with Gasteiger partial charge >= 0.3 is 0 Å². The van der Waals surface area contributed by atoms with Crippen molar-refractivity contribution in [3.63, 3.8) is 0 Å². The summed E-state index contributed by atoms with van der Waals surface area (Å²) in [5, 5.41) is 2.96. The molecule has 4 heteroatoms. The first kappa shape index (κ1) is 15.4. The van der Waals surface area contributed by atoms with Crippen LogP contribution in [0.15, 0.2) is 47.4 Å². The third-order valence-corrected chi connectivity index (χ3v) is 4.01. The van der Waals surface area contributed by atoms with Crippen molar-refractivity contribution in [2.24, 2.45) is 0 Å². The number of thioether (sulfide) groups is 1. The molecule has 0 unspecified atom stereocenters. The number of hydrogen-bond acceptors (Lipinski definition) is 3. The molecule has 110 valence electrons. The van der Waals surface area contributed by atoms with Gasteiger partial charge in [-0.3, -0.25) is 4.79 Å². The Morgan fingerprint density at radius 2 is 2.00 bits per heavy atom. The van der Waals surface area contributed by atoms with Crippen LogP contribution in [0.3, 0.4) is 0 Å². The topological polar surface area (TPSA) is 38.3 Å². The molecule has 0 atom stereocenters. The zero-order valence-electron chi connectivity index (χ0n) is 12.5. The number of hydrogen-bond donors (Lipinski definition) is 1. The van der Waals surface area contributed by atoms with Gasteiger partial charge in [0.25, 0.3) is 0 Å². The SMILES string of the molecule is COc1cc(CC(=O)Nc2ccccc2SC)ccc1C. The summed E-state index contributed by atoms with van der Waals surface area (Å²) in [6, 6.07) is 13.6. The third kappa shape index (κ3) is 4.02. The molecule has 2 aromatic rings. The summed E-state index contributed by atoms with van der Waals surface area (Å²) >= 11 is 1.62. The lowest BCUT2D eigenvalue weighted by Gasteiger charge is -2.10. The van der Waals surface area contributed by atoms with Crippen LogP contribution in [0.1, 0.15) is 11.1 Å². The number of nitrogens with one attached hydrogen (secondary N) is 1. The first-order chi connectivity index (χ1) is 10.1. The molecule has 0 aliphatic rings. The Morgan fingerprint density at radius 1 is 1.24 bits per heavy atom. The molecule has 0 aliphatic carbocycles. The first-order valence-corrected chi connectivity index (χ1v) is 7.93. The van der Waals surface area contributed by atoms with E-state index in [1.54, 1.807) is 18.9 Å². The van der Waals surface area contributed by atoms with Crippen LogP contribution < -0.4 is 10.1 Å². The molecule has 21 heavy (non-hydrogen) atoms. The summed E-state index contributed by atoms with van der Waals surface area (Å²) in [6.07, 6.45) is 2.33. The van der Waals surface area contributed by atoms with Gasteiger partial charge in [-0.25, -0.2) is 0 Å². The smallest absolute Gasteiger partial charge is 0.228 e. The maximum atomic E-state index is 12.2. The number of amides is 1. The number of carbonyl (C=O) groups excluding carboxylic acids is 1. The number of methoxy groups -OCH3 is 1. The van der Waals surface area contributed by atoms with E-state index in [1.165, 1.54) is 0 Å². The molecule has 3 nitrogen and oxygen atoms in total. The lowest BCUT2D eigenvalue weighted by molar-refractivity contribution is -0.115. The summed E-state index contributed by atoms with van der Waals surface area (Å²) in [6.45, 7) is 1.98. The summed E-state index contributed by atoms with van der Waals surface area (Å²) in [4.78, 5) is 13.2. The maximum Gasteiger partial charge on any atom is 0.228 e. The summed E-state index contributed by atoms with van der Waals surface area (Å²) in [5.74, 6) is 0.784. The van der Waals surface area contributed by atoms with Gasteiger partial charge in [-0.05, 0) is 42.5 Å².